The van der Waals surface area contributed by atoms with E-state index in [2.05, 4.69) is 25.4 Å². The molecule has 0 radical (unpaired) electrons. The number of nitrogens with one attached hydrogen (secondary N) is 1. The number of amides is 1. The van der Waals surface area contributed by atoms with E-state index in [9.17, 15) is 9.18 Å². The second-order valence-electron chi connectivity index (χ2n) is 6.72. The van der Waals surface area contributed by atoms with Gasteiger partial charge in [-0.2, -0.15) is 10.1 Å². The average molecular weight is 410 g/mol. The summed E-state index contributed by atoms with van der Waals surface area (Å²) in [6, 6.07) is 6.37. The number of thiazole rings is 1. The number of aromatic nitrogens is 5. The maximum Gasteiger partial charge on any atom is 0.252 e. The van der Waals surface area contributed by atoms with E-state index in [0.717, 1.165) is 27.4 Å². The molecule has 0 saturated carbocycles. The van der Waals surface area contributed by atoms with E-state index in [-0.39, 0.29) is 11.7 Å². The number of carbonyl (C=O) groups excluding carboxylic acids is 1. The molecule has 0 saturated heterocycles. The fraction of sp³-hybridized carbons (Fsp3) is 0.250. The predicted molar refractivity (Wildman–Crippen MR) is 109 cm³/mol. The zero-order chi connectivity index (χ0) is 20.4. The molecule has 4 aromatic rings. The predicted octanol–water partition coefficient (Wildman–Crippen LogP) is 3.50. The van der Waals surface area contributed by atoms with Crippen LogP contribution in [0, 0.1) is 19.7 Å². The van der Waals surface area contributed by atoms with Crippen LogP contribution in [0.4, 0.5) is 9.52 Å². The molecule has 1 amide bonds. The number of nitrogens with zero attached hydrogens (tertiary/aromatic N) is 5. The Labute approximate surface area is 170 Å². The van der Waals surface area contributed by atoms with Crippen LogP contribution >= 0.6 is 11.3 Å². The van der Waals surface area contributed by atoms with Gasteiger partial charge in [0.25, 0.3) is 5.78 Å². The van der Waals surface area contributed by atoms with Crippen LogP contribution in [0.3, 0.4) is 0 Å². The Kier molecular flexibility index (Phi) is 5.30. The highest BCUT2D eigenvalue weighted by molar-refractivity contribution is 7.15. The number of hydrogen-bond acceptors (Lipinski definition) is 6. The molecule has 3 heterocycles. The number of anilines is 1. The Hall–Kier alpha value is -3.20. The van der Waals surface area contributed by atoms with Crippen molar-refractivity contribution in [2.24, 2.45) is 0 Å². The molecule has 3 aromatic heterocycles. The van der Waals surface area contributed by atoms with Crippen molar-refractivity contribution in [1.82, 2.24) is 24.6 Å². The molecule has 148 valence electrons. The van der Waals surface area contributed by atoms with Crippen LogP contribution in [0.25, 0.3) is 5.78 Å². The molecule has 9 heteroatoms. The summed E-state index contributed by atoms with van der Waals surface area (Å²) >= 11 is 1.42. The van der Waals surface area contributed by atoms with Gasteiger partial charge in [-0.25, -0.2) is 18.9 Å². The molecule has 29 heavy (non-hydrogen) atoms. The third-order valence-electron chi connectivity index (χ3n) is 4.68. The van der Waals surface area contributed by atoms with Crippen molar-refractivity contribution in [3.8, 4) is 0 Å². The minimum absolute atomic E-state index is 0.106. The number of benzene rings is 1. The summed E-state index contributed by atoms with van der Waals surface area (Å²) in [5, 5.41) is 7.58. The molecule has 0 aliphatic heterocycles. The quantitative estimate of drug-likeness (QED) is 0.526. The van der Waals surface area contributed by atoms with Crippen LogP contribution in [0.15, 0.2) is 36.8 Å². The first-order valence-electron chi connectivity index (χ1n) is 9.14. The Morgan fingerprint density at radius 3 is 2.79 bits per heavy atom. The average Bonchev–Trinajstić information content (AvgIpc) is 3.33. The van der Waals surface area contributed by atoms with Gasteiger partial charge < -0.3 is 5.32 Å². The molecule has 0 fully saturated rings. The lowest BCUT2D eigenvalue weighted by atomic mass is 10.1. The standard InChI is InChI=1S/C20H19FN6OS/c1-12-17(13(2)27-19(25-12)23-11-24-27)7-8-18(28)26-20-22-10-16(29-20)9-14-3-5-15(21)6-4-14/h3-6,10-11H,7-9H2,1-2H3,(H,22,26,28). The van der Waals surface area contributed by atoms with Crippen molar-refractivity contribution >= 4 is 28.2 Å². The van der Waals surface area contributed by atoms with Crippen molar-refractivity contribution in [2.45, 2.75) is 33.1 Å². The summed E-state index contributed by atoms with van der Waals surface area (Å²) in [6.07, 6.45) is 4.73. The molecular weight excluding hydrogens is 391 g/mol. The zero-order valence-corrected chi connectivity index (χ0v) is 16.8. The van der Waals surface area contributed by atoms with E-state index in [0.29, 0.717) is 30.2 Å². The van der Waals surface area contributed by atoms with Crippen molar-refractivity contribution in [3.05, 3.63) is 70.0 Å². The molecule has 1 aromatic carbocycles. The van der Waals surface area contributed by atoms with Gasteiger partial charge in [0, 0.05) is 35.3 Å². The van der Waals surface area contributed by atoms with E-state index in [4.69, 9.17) is 0 Å². The highest BCUT2D eigenvalue weighted by atomic mass is 32.1. The molecule has 0 unspecified atom stereocenters. The van der Waals surface area contributed by atoms with Crippen LogP contribution in [0.5, 0.6) is 0 Å². The molecule has 0 bridgehead atoms. The summed E-state index contributed by atoms with van der Waals surface area (Å²) in [6.45, 7) is 3.86. The van der Waals surface area contributed by atoms with Crippen LogP contribution in [0.2, 0.25) is 0 Å². The Balaban J connectivity index is 1.37. The lowest BCUT2D eigenvalue weighted by Crippen LogP contribution is -2.14. The summed E-state index contributed by atoms with van der Waals surface area (Å²) < 4.78 is 14.7. The second-order valence-corrected chi connectivity index (χ2v) is 7.83. The first-order valence-corrected chi connectivity index (χ1v) is 9.96. The molecule has 1 N–H and O–H groups in total. The van der Waals surface area contributed by atoms with E-state index in [1.54, 1.807) is 22.8 Å². The molecule has 4 rings (SSSR count). The maximum absolute atomic E-state index is 13.0. The number of fused-ring (bicyclic) bond motifs is 1. The lowest BCUT2D eigenvalue weighted by molar-refractivity contribution is -0.116. The van der Waals surface area contributed by atoms with E-state index >= 15 is 0 Å². The molecule has 0 spiro atoms. The minimum Gasteiger partial charge on any atom is -0.302 e. The number of rotatable bonds is 6. The van der Waals surface area contributed by atoms with Gasteiger partial charge in [-0.05, 0) is 43.5 Å². The van der Waals surface area contributed by atoms with Crippen molar-refractivity contribution in [1.29, 1.82) is 0 Å². The molecule has 0 aliphatic carbocycles. The van der Waals surface area contributed by atoms with Crippen LogP contribution in [-0.2, 0) is 17.6 Å². The molecule has 0 aliphatic rings. The highest BCUT2D eigenvalue weighted by Crippen LogP contribution is 2.22. The zero-order valence-electron chi connectivity index (χ0n) is 16.0. The number of aryl methyl sites for hydroxylation is 2. The normalized spacial score (nSPS) is 11.1. The largest absolute Gasteiger partial charge is 0.302 e. The Morgan fingerprint density at radius 1 is 1.21 bits per heavy atom. The van der Waals surface area contributed by atoms with Crippen LogP contribution < -0.4 is 5.32 Å². The maximum atomic E-state index is 13.0. The first kappa shape index (κ1) is 19.1. The highest BCUT2D eigenvalue weighted by Gasteiger charge is 2.13. The Morgan fingerprint density at radius 2 is 2.00 bits per heavy atom. The van der Waals surface area contributed by atoms with E-state index < -0.39 is 0 Å². The second kappa shape index (κ2) is 8.04. The fourth-order valence-electron chi connectivity index (χ4n) is 3.19. The van der Waals surface area contributed by atoms with Gasteiger partial charge >= 0.3 is 0 Å². The first-order chi connectivity index (χ1) is 14.0. The SMILES string of the molecule is Cc1nc2ncnn2c(C)c1CCC(=O)Nc1ncc(Cc2ccc(F)cc2)s1. The van der Waals surface area contributed by atoms with Gasteiger partial charge in [0.1, 0.15) is 12.1 Å². The summed E-state index contributed by atoms with van der Waals surface area (Å²) in [7, 11) is 0. The van der Waals surface area contributed by atoms with Gasteiger partial charge in [0.05, 0.1) is 0 Å². The van der Waals surface area contributed by atoms with Crippen molar-refractivity contribution in [3.63, 3.8) is 0 Å². The summed E-state index contributed by atoms with van der Waals surface area (Å²) in [5.41, 5.74) is 3.78. The summed E-state index contributed by atoms with van der Waals surface area (Å²) in [5.74, 6) is 0.199. The van der Waals surface area contributed by atoms with Gasteiger partial charge in [0.2, 0.25) is 5.91 Å². The number of halogens is 1. The molecule has 0 atom stereocenters. The third kappa shape index (κ3) is 4.29. The summed E-state index contributed by atoms with van der Waals surface area (Å²) in [4.78, 5) is 26.2. The third-order valence-corrected chi connectivity index (χ3v) is 5.59. The topological polar surface area (TPSA) is 85.1 Å². The molecular formula is C20H19FN6OS. The van der Waals surface area contributed by atoms with Crippen molar-refractivity contribution < 1.29 is 9.18 Å². The van der Waals surface area contributed by atoms with Gasteiger partial charge in [-0.3, -0.25) is 4.79 Å². The smallest absolute Gasteiger partial charge is 0.252 e. The number of hydrogen-bond donors (Lipinski definition) is 1. The van der Waals surface area contributed by atoms with Gasteiger partial charge in [-0.15, -0.1) is 11.3 Å². The van der Waals surface area contributed by atoms with E-state index in [1.165, 1.54) is 29.8 Å². The Bertz CT molecular complexity index is 1170. The number of carbonyl (C=O) groups is 1. The lowest BCUT2D eigenvalue weighted by Gasteiger charge is -2.10. The molecule has 7 nitrogen and oxygen atoms in total. The monoisotopic (exact) mass is 410 g/mol. The minimum atomic E-state index is -0.255. The van der Waals surface area contributed by atoms with Crippen LogP contribution in [0.1, 0.15) is 33.8 Å². The van der Waals surface area contributed by atoms with Gasteiger partial charge in [0.15, 0.2) is 5.13 Å². The van der Waals surface area contributed by atoms with Gasteiger partial charge in [-0.1, -0.05) is 12.1 Å². The van der Waals surface area contributed by atoms with E-state index in [1.807, 2.05) is 13.8 Å². The van der Waals surface area contributed by atoms with Crippen LogP contribution in [-0.4, -0.2) is 30.5 Å². The van der Waals surface area contributed by atoms with Crippen molar-refractivity contribution in [2.75, 3.05) is 5.32 Å². The fourth-order valence-corrected chi connectivity index (χ4v) is 4.05.